The van der Waals surface area contributed by atoms with E-state index in [0.29, 0.717) is 0 Å². The zero-order valence-electron chi connectivity index (χ0n) is 11.6. The van der Waals surface area contributed by atoms with E-state index in [9.17, 15) is 19.7 Å². The van der Waals surface area contributed by atoms with Crippen molar-refractivity contribution in [1.82, 2.24) is 0 Å². The summed E-state index contributed by atoms with van der Waals surface area (Å²) in [5, 5.41) is 28.2. The third kappa shape index (κ3) is 4.31. The molecule has 0 amide bonds. The van der Waals surface area contributed by atoms with Gasteiger partial charge in [0.25, 0.3) is 0 Å². The van der Waals surface area contributed by atoms with Crippen molar-refractivity contribution in [3.8, 4) is 0 Å². The Balaban J connectivity index is 1.86. The molecule has 2 saturated heterocycles. The standard InChI is InChI=1S/C10H17B2O9P/c11-9-5(14)1-4(19-9)3-18-22(16,17)21-8-6(2-13)20-10(12)7(8)15/h4-10,13-15H,1-3H2,(H,16,17). The number of hydrogen-bond donors (Lipinski definition) is 4. The summed E-state index contributed by atoms with van der Waals surface area (Å²) in [6.45, 7) is -0.889. The van der Waals surface area contributed by atoms with E-state index in [1.165, 1.54) is 0 Å². The summed E-state index contributed by atoms with van der Waals surface area (Å²) in [6.07, 6.45) is -5.14. The lowest BCUT2D eigenvalue weighted by molar-refractivity contribution is -0.0211. The van der Waals surface area contributed by atoms with Gasteiger partial charge in [0.1, 0.15) is 34.0 Å². The molecular formula is C10H17B2O9P. The first-order chi connectivity index (χ1) is 10.2. The fraction of sp³-hybridized carbons (Fsp3) is 1.00. The maximum atomic E-state index is 11.9. The number of phosphoric ester groups is 1. The maximum Gasteiger partial charge on any atom is 0.472 e. The number of rotatable bonds is 6. The second-order valence-electron chi connectivity index (χ2n) is 5.17. The molecule has 9 nitrogen and oxygen atoms in total. The molecular weight excluding hydrogens is 317 g/mol. The summed E-state index contributed by atoms with van der Waals surface area (Å²) in [4.78, 5) is 9.66. The average molecular weight is 334 g/mol. The van der Waals surface area contributed by atoms with Crippen molar-refractivity contribution in [3.63, 3.8) is 0 Å². The van der Waals surface area contributed by atoms with Crippen molar-refractivity contribution in [1.29, 1.82) is 0 Å². The number of hydrogen-bond acceptors (Lipinski definition) is 8. The van der Waals surface area contributed by atoms with Crippen LogP contribution in [0.5, 0.6) is 0 Å². The molecule has 2 aliphatic heterocycles. The van der Waals surface area contributed by atoms with Crippen LogP contribution >= 0.6 is 7.82 Å². The van der Waals surface area contributed by atoms with Crippen molar-refractivity contribution in [2.75, 3.05) is 13.2 Å². The molecule has 22 heavy (non-hydrogen) atoms. The summed E-state index contributed by atoms with van der Waals surface area (Å²) < 4.78 is 31.5. The second kappa shape index (κ2) is 7.29. The summed E-state index contributed by atoms with van der Waals surface area (Å²) in [7, 11) is 6.29. The number of aliphatic hydroxyl groups excluding tert-OH is 3. The molecule has 4 N–H and O–H groups in total. The molecule has 0 spiro atoms. The van der Waals surface area contributed by atoms with Crippen LogP contribution in [0.4, 0.5) is 0 Å². The molecule has 2 aliphatic rings. The maximum absolute atomic E-state index is 11.9. The molecule has 122 valence electrons. The van der Waals surface area contributed by atoms with E-state index in [2.05, 4.69) is 0 Å². The van der Waals surface area contributed by atoms with Crippen LogP contribution in [0.3, 0.4) is 0 Å². The normalized spacial score (nSPS) is 45.0. The Bertz CT molecular complexity index is 417. The highest BCUT2D eigenvalue weighted by Gasteiger charge is 2.45. The SMILES string of the molecule is [B]C1OC(COP(=O)(O)OC2C(CO)OC([B])C2O)CC1O. The monoisotopic (exact) mass is 334 g/mol. The second-order valence-corrected chi connectivity index (χ2v) is 6.58. The van der Waals surface area contributed by atoms with Gasteiger partial charge in [-0.1, -0.05) is 0 Å². The quantitative estimate of drug-likeness (QED) is 0.304. The highest BCUT2D eigenvalue weighted by atomic mass is 31.2. The molecule has 2 fully saturated rings. The van der Waals surface area contributed by atoms with Gasteiger partial charge in [-0.2, -0.15) is 0 Å². The van der Waals surface area contributed by atoms with Gasteiger partial charge in [0.2, 0.25) is 0 Å². The number of phosphoric acid groups is 1. The first-order valence-electron chi connectivity index (χ1n) is 6.68. The van der Waals surface area contributed by atoms with E-state index in [-0.39, 0.29) is 13.0 Å². The first kappa shape index (κ1) is 18.4. The largest absolute Gasteiger partial charge is 0.472 e. The first-order valence-corrected chi connectivity index (χ1v) is 8.18. The summed E-state index contributed by atoms with van der Waals surface area (Å²) in [5.74, 6) is 0. The van der Waals surface area contributed by atoms with Crippen LogP contribution in [0, 0.1) is 0 Å². The van der Waals surface area contributed by atoms with Crippen LogP contribution in [-0.2, 0) is 23.1 Å². The summed E-state index contributed by atoms with van der Waals surface area (Å²) >= 11 is 0. The summed E-state index contributed by atoms with van der Waals surface area (Å²) in [6, 6.07) is -2.03. The Morgan fingerprint density at radius 1 is 1.23 bits per heavy atom. The zero-order chi connectivity index (χ0) is 16.5. The highest BCUT2D eigenvalue weighted by molar-refractivity contribution is 7.47. The van der Waals surface area contributed by atoms with Gasteiger partial charge in [0.15, 0.2) is 0 Å². The van der Waals surface area contributed by atoms with Gasteiger partial charge in [0.05, 0.1) is 25.4 Å². The Hall–Kier alpha value is 0.0399. The van der Waals surface area contributed by atoms with Gasteiger partial charge >= 0.3 is 7.82 Å². The van der Waals surface area contributed by atoms with Crippen molar-refractivity contribution in [2.24, 2.45) is 0 Å². The van der Waals surface area contributed by atoms with E-state index in [1.54, 1.807) is 0 Å². The van der Waals surface area contributed by atoms with Crippen molar-refractivity contribution in [2.45, 2.75) is 48.9 Å². The van der Waals surface area contributed by atoms with Gasteiger partial charge in [-0.05, 0) is 0 Å². The Labute approximate surface area is 129 Å². The molecule has 4 radical (unpaired) electrons. The van der Waals surface area contributed by atoms with E-state index < -0.39 is 57.0 Å². The Morgan fingerprint density at radius 3 is 2.45 bits per heavy atom. The van der Waals surface area contributed by atoms with E-state index in [1.807, 2.05) is 0 Å². The van der Waals surface area contributed by atoms with Gasteiger partial charge in [-0.25, -0.2) is 4.57 Å². The average Bonchev–Trinajstić information content (AvgIpc) is 2.90. The molecule has 8 unspecified atom stereocenters. The van der Waals surface area contributed by atoms with Crippen molar-refractivity contribution >= 4 is 23.5 Å². The predicted molar refractivity (Wildman–Crippen MR) is 73.2 cm³/mol. The molecule has 0 aliphatic carbocycles. The van der Waals surface area contributed by atoms with Crippen LogP contribution in [0.25, 0.3) is 0 Å². The molecule has 8 atom stereocenters. The molecule has 0 aromatic heterocycles. The minimum absolute atomic E-state index is 0.153. The zero-order valence-corrected chi connectivity index (χ0v) is 12.5. The molecule has 0 aromatic rings. The van der Waals surface area contributed by atoms with Crippen LogP contribution in [0.15, 0.2) is 0 Å². The van der Waals surface area contributed by atoms with Gasteiger partial charge in [-0.3, -0.25) is 9.05 Å². The van der Waals surface area contributed by atoms with Gasteiger partial charge in [-0.15, -0.1) is 0 Å². The van der Waals surface area contributed by atoms with Crippen LogP contribution < -0.4 is 0 Å². The topological polar surface area (TPSA) is 135 Å². The minimum atomic E-state index is -4.56. The number of ether oxygens (including phenoxy) is 2. The minimum Gasteiger partial charge on any atom is -0.394 e. The smallest absolute Gasteiger partial charge is 0.394 e. The molecule has 0 aromatic carbocycles. The highest BCUT2D eigenvalue weighted by Crippen LogP contribution is 2.47. The van der Waals surface area contributed by atoms with Crippen LogP contribution in [-0.4, -0.2) is 91.6 Å². The van der Waals surface area contributed by atoms with Crippen molar-refractivity contribution < 1.29 is 43.3 Å². The van der Waals surface area contributed by atoms with E-state index in [0.717, 1.165) is 0 Å². The van der Waals surface area contributed by atoms with Crippen LogP contribution in [0.2, 0.25) is 0 Å². The lowest BCUT2D eigenvalue weighted by Crippen LogP contribution is -2.36. The lowest BCUT2D eigenvalue weighted by Gasteiger charge is -2.23. The lowest BCUT2D eigenvalue weighted by atomic mass is 9.93. The Morgan fingerprint density at radius 2 is 1.91 bits per heavy atom. The van der Waals surface area contributed by atoms with Gasteiger partial charge in [0, 0.05) is 18.4 Å². The third-order valence-corrected chi connectivity index (χ3v) is 4.45. The fourth-order valence-corrected chi connectivity index (χ4v) is 3.27. The fourth-order valence-electron chi connectivity index (χ4n) is 2.28. The van der Waals surface area contributed by atoms with Crippen LogP contribution in [0.1, 0.15) is 6.42 Å². The Kier molecular flexibility index (Phi) is 6.09. The summed E-state index contributed by atoms with van der Waals surface area (Å²) in [5.41, 5.74) is 0. The third-order valence-electron chi connectivity index (χ3n) is 3.46. The molecule has 0 saturated carbocycles. The van der Waals surface area contributed by atoms with Gasteiger partial charge < -0.3 is 29.7 Å². The van der Waals surface area contributed by atoms with E-state index in [4.69, 9.17) is 39.3 Å². The predicted octanol–water partition coefficient (Wildman–Crippen LogP) is -2.62. The molecule has 2 heterocycles. The molecule has 12 heteroatoms. The molecule has 0 bridgehead atoms. The molecule has 2 rings (SSSR count). The number of aliphatic hydroxyl groups is 3. The van der Waals surface area contributed by atoms with E-state index >= 15 is 0 Å². The van der Waals surface area contributed by atoms with Crippen molar-refractivity contribution in [3.05, 3.63) is 0 Å².